The third kappa shape index (κ3) is 4.44. The van der Waals surface area contributed by atoms with Gasteiger partial charge in [0, 0.05) is 24.0 Å². The Morgan fingerprint density at radius 3 is 2.80 bits per heavy atom. The first-order valence-electron chi connectivity index (χ1n) is 5.08. The Kier molecular flexibility index (Phi) is 4.78. The molecular formula is C11H17NO2S. The summed E-state index contributed by atoms with van der Waals surface area (Å²) in [6.45, 7) is 5.65. The van der Waals surface area contributed by atoms with Crippen LogP contribution in [-0.4, -0.2) is 28.6 Å². The highest BCUT2D eigenvalue weighted by Gasteiger charge is 2.11. The molecule has 0 fully saturated rings. The van der Waals surface area contributed by atoms with E-state index in [-0.39, 0.29) is 6.42 Å². The van der Waals surface area contributed by atoms with Gasteiger partial charge in [0.2, 0.25) is 0 Å². The molecule has 0 aliphatic rings. The molecule has 1 aromatic rings. The van der Waals surface area contributed by atoms with Crippen molar-refractivity contribution in [2.75, 3.05) is 6.54 Å². The van der Waals surface area contributed by atoms with Gasteiger partial charge in [-0.15, -0.1) is 11.3 Å². The number of carbonyl (C=O) groups is 1. The lowest BCUT2D eigenvalue weighted by Gasteiger charge is -2.25. The van der Waals surface area contributed by atoms with Crippen molar-refractivity contribution in [2.24, 2.45) is 0 Å². The van der Waals surface area contributed by atoms with Crippen molar-refractivity contribution in [1.29, 1.82) is 0 Å². The van der Waals surface area contributed by atoms with Crippen LogP contribution in [0.15, 0.2) is 17.5 Å². The molecular weight excluding hydrogens is 210 g/mol. The number of hydrogen-bond acceptors (Lipinski definition) is 3. The molecule has 15 heavy (non-hydrogen) atoms. The molecule has 0 atom stereocenters. The fourth-order valence-corrected chi connectivity index (χ4v) is 2.09. The van der Waals surface area contributed by atoms with E-state index in [1.54, 1.807) is 11.3 Å². The van der Waals surface area contributed by atoms with Gasteiger partial charge in [-0.05, 0) is 25.3 Å². The van der Waals surface area contributed by atoms with Gasteiger partial charge in [-0.1, -0.05) is 6.07 Å². The third-order valence-electron chi connectivity index (χ3n) is 2.28. The van der Waals surface area contributed by atoms with Crippen molar-refractivity contribution in [3.05, 3.63) is 22.4 Å². The molecule has 1 N–H and O–H groups in total. The van der Waals surface area contributed by atoms with Crippen molar-refractivity contribution >= 4 is 17.3 Å². The van der Waals surface area contributed by atoms with E-state index >= 15 is 0 Å². The molecule has 0 aromatic carbocycles. The highest BCUT2D eigenvalue weighted by molar-refractivity contribution is 7.09. The van der Waals surface area contributed by atoms with Crippen LogP contribution in [0.3, 0.4) is 0 Å². The summed E-state index contributed by atoms with van der Waals surface area (Å²) in [5, 5.41) is 10.7. The van der Waals surface area contributed by atoms with E-state index in [1.165, 1.54) is 4.88 Å². The first kappa shape index (κ1) is 12.2. The quantitative estimate of drug-likeness (QED) is 0.811. The Morgan fingerprint density at radius 2 is 2.33 bits per heavy atom. The molecule has 0 spiro atoms. The van der Waals surface area contributed by atoms with Crippen LogP contribution in [0.25, 0.3) is 0 Å². The summed E-state index contributed by atoms with van der Waals surface area (Å²) in [6, 6.07) is 4.49. The third-order valence-corrected chi connectivity index (χ3v) is 3.14. The minimum absolute atomic E-state index is 0.212. The van der Waals surface area contributed by atoms with Gasteiger partial charge in [-0.3, -0.25) is 9.69 Å². The van der Waals surface area contributed by atoms with Crippen LogP contribution in [0, 0.1) is 0 Å². The first-order valence-corrected chi connectivity index (χ1v) is 5.96. The molecule has 0 unspecified atom stereocenters. The Hall–Kier alpha value is -0.870. The zero-order chi connectivity index (χ0) is 11.3. The van der Waals surface area contributed by atoms with E-state index in [2.05, 4.69) is 24.8 Å². The summed E-state index contributed by atoms with van der Waals surface area (Å²) in [7, 11) is 0. The zero-order valence-corrected chi connectivity index (χ0v) is 9.96. The van der Waals surface area contributed by atoms with Crippen LogP contribution in [0.5, 0.6) is 0 Å². The maximum atomic E-state index is 10.5. The Balaban J connectivity index is 2.47. The second kappa shape index (κ2) is 5.88. The lowest BCUT2D eigenvalue weighted by atomic mass is 10.2. The van der Waals surface area contributed by atoms with Gasteiger partial charge in [-0.2, -0.15) is 0 Å². The fraction of sp³-hybridized carbons (Fsp3) is 0.545. The normalized spacial score (nSPS) is 11.2. The van der Waals surface area contributed by atoms with Crippen molar-refractivity contribution in [3.8, 4) is 0 Å². The Bertz CT molecular complexity index is 296. The molecule has 0 aliphatic carbocycles. The highest BCUT2D eigenvalue weighted by Crippen LogP contribution is 2.13. The summed E-state index contributed by atoms with van der Waals surface area (Å²) in [4.78, 5) is 14.0. The number of carboxylic acid groups (broad SMARTS) is 1. The van der Waals surface area contributed by atoms with Crippen LogP contribution in [0.1, 0.15) is 25.1 Å². The SMILES string of the molecule is CC(C)N(CCC(=O)O)Cc1cccs1. The molecule has 4 heteroatoms. The van der Waals surface area contributed by atoms with Gasteiger partial charge in [0.1, 0.15) is 0 Å². The smallest absolute Gasteiger partial charge is 0.304 e. The van der Waals surface area contributed by atoms with Gasteiger partial charge in [0.25, 0.3) is 0 Å². The fourth-order valence-electron chi connectivity index (χ4n) is 1.36. The largest absolute Gasteiger partial charge is 0.481 e. The summed E-state index contributed by atoms with van der Waals surface area (Å²) in [5.41, 5.74) is 0. The monoisotopic (exact) mass is 227 g/mol. The molecule has 0 saturated heterocycles. The number of thiophene rings is 1. The topological polar surface area (TPSA) is 40.5 Å². The average Bonchev–Trinajstić information content (AvgIpc) is 2.63. The molecule has 84 valence electrons. The van der Waals surface area contributed by atoms with Crippen LogP contribution in [0.2, 0.25) is 0 Å². The second-order valence-electron chi connectivity index (χ2n) is 3.79. The second-order valence-corrected chi connectivity index (χ2v) is 4.82. The molecule has 3 nitrogen and oxygen atoms in total. The summed E-state index contributed by atoms with van der Waals surface area (Å²) in [6.07, 6.45) is 0.212. The minimum atomic E-state index is -0.730. The highest BCUT2D eigenvalue weighted by atomic mass is 32.1. The van der Waals surface area contributed by atoms with Gasteiger partial charge in [0.05, 0.1) is 6.42 Å². The van der Waals surface area contributed by atoms with Crippen molar-refractivity contribution in [3.63, 3.8) is 0 Å². The van der Waals surface area contributed by atoms with E-state index < -0.39 is 5.97 Å². The van der Waals surface area contributed by atoms with E-state index in [1.807, 2.05) is 11.4 Å². The van der Waals surface area contributed by atoms with E-state index in [0.29, 0.717) is 12.6 Å². The standard InChI is InChI=1S/C11H17NO2S/c1-9(2)12(6-5-11(13)14)8-10-4-3-7-15-10/h3-4,7,9H,5-6,8H2,1-2H3,(H,13,14). The molecule has 0 saturated carbocycles. The maximum absolute atomic E-state index is 10.5. The molecule has 1 aromatic heterocycles. The Labute approximate surface area is 94.3 Å². The number of nitrogens with zero attached hydrogens (tertiary/aromatic N) is 1. The predicted molar refractivity (Wildman–Crippen MR) is 62.1 cm³/mol. The number of hydrogen-bond donors (Lipinski definition) is 1. The van der Waals surface area contributed by atoms with E-state index in [9.17, 15) is 4.79 Å². The molecule has 0 amide bonds. The molecule has 0 bridgehead atoms. The maximum Gasteiger partial charge on any atom is 0.304 e. The molecule has 1 rings (SSSR count). The van der Waals surface area contributed by atoms with Crippen LogP contribution >= 0.6 is 11.3 Å². The zero-order valence-electron chi connectivity index (χ0n) is 9.14. The summed E-state index contributed by atoms with van der Waals surface area (Å²) >= 11 is 1.71. The van der Waals surface area contributed by atoms with Crippen molar-refractivity contribution in [2.45, 2.75) is 32.9 Å². The number of carboxylic acids is 1. The molecule has 0 aliphatic heterocycles. The van der Waals surface area contributed by atoms with Crippen molar-refractivity contribution < 1.29 is 9.90 Å². The van der Waals surface area contributed by atoms with E-state index in [0.717, 1.165) is 6.54 Å². The van der Waals surface area contributed by atoms with Gasteiger partial charge >= 0.3 is 5.97 Å². The average molecular weight is 227 g/mol. The lowest BCUT2D eigenvalue weighted by Crippen LogP contribution is -2.32. The van der Waals surface area contributed by atoms with Crippen LogP contribution in [0.4, 0.5) is 0 Å². The summed E-state index contributed by atoms with van der Waals surface area (Å²) in [5.74, 6) is -0.730. The van der Waals surface area contributed by atoms with E-state index in [4.69, 9.17) is 5.11 Å². The predicted octanol–water partition coefficient (Wildman–Crippen LogP) is 2.43. The van der Waals surface area contributed by atoms with Gasteiger partial charge in [-0.25, -0.2) is 0 Å². The number of rotatable bonds is 6. The number of aliphatic carboxylic acids is 1. The van der Waals surface area contributed by atoms with Crippen molar-refractivity contribution in [1.82, 2.24) is 4.90 Å². The lowest BCUT2D eigenvalue weighted by molar-refractivity contribution is -0.137. The van der Waals surface area contributed by atoms with Gasteiger partial charge in [0.15, 0.2) is 0 Å². The minimum Gasteiger partial charge on any atom is -0.481 e. The van der Waals surface area contributed by atoms with Crippen LogP contribution in [-0.2, 0) is 11.3 Å². The summed E-state index contributed by atoms with van der Waals surface area (Å²) < 4.78 is 0. The molecule has 0 radical (unpaired) electrons. The Morgan fingerprint density at radius 1 is 1.60 bits per heavy atom. The van der Waals surface area contributed by atoms with Crippen LogP contribution < -0.4 is 0 Å². The first-order chi connectivity index (χ1) is 7.09. The molecule has 1 heterocycles. The van der Waals surface area contributed by atoms with Gasteiger partial charge < -0.3 is 5.11 Å².